The Balaban J connectivity index is 2.12. The van der Waals surface area contributed by atoms with E-state index in [2.05, 4.69) is 27.7 Å². The minimum absolute atomic E-state index is 0.0702. The highest BCUT2D eigenvalue weighted by Crippen LogP contribution is 2.20. The lowest BCUT2D eigenvalue weighted by atomic mass is 10.2. The minimum atomic E-state index is -0.534. The zero-order chi connectivity index (χ0) is 13.0. The number of nitrogens with zero attached hydrogens (tertiary/aromatic N) is 2. The van der Waals surface area contributed by atoms with Crippen LogP contribution in [0, 0.1) is 5.95 Å². The van der Waals surface area contributed by atoms with Gasteiger partial charge in [-0.1, -0.05) is 0 Å². The maximum absolute atomic E-state index is 12.7. The Labute approximate surface area is 108 Å². The molecule has 3 N–H and O–H groups in total. The summed E-state index contributed by atoms with van der Waals surface area (Å²) in [7, 11) is 0. The zero-order valence-electron chi connectivity index (χ0n) is 9.13. The van der Waals surface area contributed by atoms with E-state index in [9.17, 15) is 4.39 Å². The third-order valence-electron chi connectivity index (χ3n) is 2.01. The molecule has 2 heterocycles. The second kappa shape index (κ2) is 5.37. The fraction of sp³-hybridized carbons (Fsp3) is 0. The van der Waals surface area contributed by atoms with Crippen LogP contribution in [0.1, 0.15) is 5.76 Å². The fourth-order valence-electron chi connectivity index (χ4n) is 1.26. The van der Waals surface area contributed by atoms with E-state index in [0.717, 1.165) is 0 Å². The molecule has 0 unspecified atom stereocenters. The number of hydrogen-bond acceptors (Lipinski definition) is 4. The summed E-state index contributed by atoms with van der Waals surface area (Å²) in [5.41, 5.74) is 8.29. The number of hydrogen-bond donors (Lipinski definition) is 2. The quantitative estimate of drug-likeness (QED) is 0.381. The van der Waals surface area contributed by atoms with E-state index in [1.807, 2.05) is 0 Å². The van der Waals surface area contributed by atoms with Crippen molar-refractivity contribution in [1.82, 2.24) is 10.4 Å². The normalized spacial score (nSPS) is 10.7. The molecule has 0 radical (unpaired) electrons. The summed E-state index contributed by atoms with van der Waals surface area (Å²) < 4.78 is 18.1. The summed E-state index contributed by atoms with van der Waals surface area (Å²) in [6.45, 7) is 0. The van der Waals surface area contributed by atoms with Gasteiger partial charge in [-0.15, -0.1) is 0 Å². The third-order valence-corrected chi connectivity index (χ3v) is 2.10. The second-order valence-corrected chi connectivity index (χ2v) is 3.75. The standard InChI is InChI=1S/C11H9FN4OS/c12-10-4-1-7(5-14-10)9-3-2-8(17-9)6-15-16-11(13)18/h1-6H,(H3,13,16,18)/b15-6+. The van der Waals surface area contributed by atoms with Crippen molar-refractivity contribution in [2.45, 2.75) is 0 Å². The summed E-state index contributed by atoms with van der Waals surface area (Å²) in [6, 6.07) is 6.29. The summed E-state index contributed by atoms with van der Waals surface area (Å²) in [5.74, 6) is 0.546. The molecule has 0 aliphatic rings. The highest BCUT2D eigenvalue weighted by atomic mass is 32.1. The van der Waals surface area contributed by atoms with Gasteiger partial charge in [-0.2, -0.15) is 9.49 Å². The van der Waals surface area contributed by atoms with Gasteiger partial charge in [-0.05, 0) is 36.5 Å². The molecule has 0 aromatic carbocycles. The van der Waals surface area contributed by atoms with E-state index in [-0.39, 0.29) is 5.11 Å². The van der Waals surface area contributed by atoms with E-state index in [0.29, 0.717) is 17.1 Å². The molecule has 0 amide bonds. The Morgan fingerprint density at radius 1 is 1.44 bits per heavy atom. The number of halogens is 1. The monoisotopic (exact) mass is 264 g/mol. The third kappa shape index (κ3) is 3.11. The van der Waals surface area contributed by atoms with Crippen molar-refractivity contribution in [3.63, 3.8) is 0 Å². The van der Waals surface area contributed by atoms with Crippen LogP contribution >= 0.6 is 12.2 Å². The van der Waals surface area contributed by atoms with Crippen LogP contribution in [0.3, 0.4) is 0 Å². The summed E-state index contributed by atoms with van der Waals surface area (Å²) in [5, 5.41) is 3.82. The first-order valence-corrected chi connectivity index (χ1v) is 5.36. The van der Waals surface area contributed by atoms with Crippen molar-refractivity contribution in [3.8, 4) is 11.3 Å². The number of nitrogens with two attached hydrogens (primary N) is 1. The predicted octanol–water partition coefficient (Wildman–Crippen LogP) is 1.65. The van der Waals surface area contributed by atoms with Gasteiger partial charge in [0.25, 0.3) is 0 Å². The number of pyridine rings is 1. The van der Waals surface area contributed by atoms with Crippen LogP contribution in [-0.2, 0) is 0 Å². The highest BCUT2D eigenvalue weighted by molar-refractivity contribution is 7.80. The molecular formula is C11H9FN4OS. The number of rotatable bonds is 3. The molecule has 18 heavy (non-hydrogen) atoms. The number of thiocarbonyl (C=S) groups is 1. The van der Waals surface area contributed by atoms with Gasteiger partial charge in [0, 0.05) is 11.8 Å². The van der Waals surface area contributed by atoms with Gasteiger partial charge in [0.15, 0.2) is 5.11 Å². The van der Waals surface area contributed by atoms with Gasteiger partial charge in [0.05, 0.1) is 6.21 Å². The molecule has 92 valence electrons. The van der Waals surface area contributed by atoms with Crippen molar-refractivity contribution in [3.05, 3.63) is 42.2 Å². The first-order chi connectivity index (χ1) is 8.65. The minimum Gasteiger partial charge on any atom is -0.455 e. The van der Waals surface area contributed by atoms with Crippen molar-refractivity contribution in [1.29, 1.82) is 0 Å². The van der Waals surface area contributed by atoms with Gasteiger partial charge in [0.1, 0.15) is 11.5 Å². The number of hydrazone groups is 1. The van der Waals surface area contributed by atoms with Crippen LogP contribution < -0.4 is 11.2 Å². The van der Waals surface area contributed by atoms with Crippen molar-refractivity contribution >= 4 is 23.5 Å². The lowest BCUT2D eigenvalue weighted by Gasteiger charge is -1.95. The van der Waals surface area contributed by atoms with Gasteiger partial charge in [-0.25, -0.2) is 4.98 Å². The van der Waals surface area contributed by atoms with Crippen LogP contribution in [0.5, 0.6) is 0 Å². The Bertz CT molecular complexity index is 579. The first-order valence-electron chi connectivity index (χ1n) is 4.95. The number of furan rings is 1. The van der Waals surface area contributed by atoms with Gasteiger partial charge >= 0.3 is 0 Å². The molecule has 0 fully saturated rings. The Morgan fingerprint density at radius 3 is 2.94 bits per heavy atom. The molecule has 0 aliphatic heterocycles. The maximum Gasteiger partial charge on any atom is 0.212 e. The van der Waals surface area contributed by atoms with E-state index in [1.165, 1.54) is 18.5 Å². The smallest absolute Gasteiger partial charge is 0.212 e. The lowest BCUT2D eigenvalue weighted by molar-refractivity contribution is 0.569. The topological polar surface area (TPSA) is 76.4 Å². The SMILES string of the molecule is NC(=S)N/N=C/c1ccc(-c2ccc(F)nc2)o1. The first kappa shape index (κ1) is 12.2. The maximum atomic E-state index is 12.7. The molecular weight excluding hydrogens is 255 g/mol. The molecule has 2 aromatic rings. The molecule has 2 aromatic heterocycles. The summed E-state index contributed by atoms with van der Waals surface area (Å²) in [4.78, 5) is 3.54. The largest absolute Gasteiger partial charge is 0.455 e. The number of aromatic nitrogens is 1. The molecule has 0 spiro atoms. The Morgan fingerprint density at radius 2 is 2.28 bits per heavy atom. The Kier molecular flexibility index (Phi) is 3.63. The van der Waals surface area contributed by atoms with Crippen LogP contribution in [0.25, 0.3) is 11.3 Å². The molecule has 0 atom stereocenters. The van der Waals surface area contributed by atoms with Crippen LogP contribution in [-0.4, -0.2) is 16.3 Å². The lowest BCUT2D eigenvalue weighted by Crippen LogP contribution is -2.23. The molecule has 0 saturated carbocycles. The average Bonchev–Trinajstić information content (AvgIpc) is 2.78. The average molecular weight is 264 g/mol. The van der Waals surface area contributed by atoms with Crippen LogP contribution in [0.15, 0.2) is 40.0 Å². The summed E-state index contributed by atoms with van der Waals surface area (Å²) >= 11 is 4.58. The Hall–Kier alpha value is -2.28. The van der Waals surface area contributed by atoms with Gasteiger partial charge < -0.3 is 10.2 Å². The van der Waals surface area contributed by atoms with Crippen molar-refractivity contribution in [2.75, 3.05) is 0 Å². The van der Waals surface area contributed by atoms with E-state index >= 15 is 0 Å². The van der Waals surface area contributed by atoms with Crippen LogP contribution in [0.4, 0.5) is 4.39 Å². The van der Waals surface area contributed by atoms with Crippen molar-refractivity contribution < 1.29 is 8.81 Å². The zero-order valence-corrected chi connectivity index (χ0v) is 9.95. The molecule has 0 aliphatic carbocycles. The van der Waals surface area contributed by atoms with E-state index in [1.54, 1.807) is 18.2 Å². The van der Waals surface area contributed by atoms with Crippen molar-refractivity contribution in [2.24, 2.45) is 10.8 Å². The fourth-order valence-corrected chi connectivity index (χ4v) is 1.31. The predicted molar refractivity (Wildman–Crippen MR) is 69.4 cm³/mol. The molecule has 7 heteroatoms. The van der Waals surface area contributed by atoms with E-state index < -0.39 is 5.95 Å². The molecule has 5 nitrogen and oxygen atoms in total. The van der Waals surface area contributed by atoms with E-state index in [4.69, 9.17) is 10.2 Å². The molecule has 0 bridgehead atoms. The number of nitrogens with one attached hydrogen (secondary N) is 1. The summed E-state index contributed by atoms with van der Waals surface area (Å²) in [6.07, 6.45) is 2.82. The van der Waals surface area contributed by atoms with Gasteiger partial charge in [0.2, 0.25) is 5.95 Å². The molecule has 2 rings (SSSR count). The second-order valence-electron chi connectivity index (χ2n) is 3.31. The van der Waals surface area contributed by atoms with Crippen LogP contribution in [0.2, 0.25) is 0 Å². The molecule has 0 saturated heterocycles. The van der Waals surface area contributed by atoms with Gasteiger partial charge in [-0.3, -0.25) is 5.43 Å². The highest BCUT2D eigenvalue weighted by Gasteiger charge is 2.04.